The van der Waals surface area contributed by atoms with E-state index in [1.807, 2.05) is 6.92 Å². The predicted octanol–water partition coefficient (Wildman–Crippen LogP) is 2.60. The molecule has 0 bridgehead atoms. The average Bonchev–Trinajstić information content (AvgIpc) is 2.29. The third kappa shape index (κ3) is 1.16. The van der Waals surface area contributed by atoms with E-state index in [9.17, 15) is 4.39 Å². The standard InChI is InChI=1S/C9H7ClFO/c1-5-2-6-3-7(11)4-8(10)9(6)12-5/h4-5H,2H2,1H3. The van der Waals surface area contributed by atoms with Crippen LogP contribution in [-0.4, -0.2) is 6.10 Å². The zero-order valence-electron chi connectivity index (χ0n) is 6.53. The van der Waals surface area contributed by atoms with Crippen molar-refractivity contribution in [2.45, 2.75) is 19.4 Å². The summed E-state index contributed by atoms with van der Waals surface area (Å²) in [4.78, 5) is 0. The van der Waals surface area contributed by atoms with Gasteiger partial charge in [0, 0.05) is 18.1 Å². The van der Waals surface area contributed by atoms with Gasteiger partial charge in [0.05, 0.1) is 5.02 Å². The number of fused-ring (bicyclic) bond motifs is 1. The molecule has 0 N–H and O–H groups in total. The molecule has 1 heterocycles. The molecule has 1 unspecified atom stereocenters. The van der Waals surface area contributed by atoms with Crippen molar-refractivity contribution in [3.8, 4) is 5.75 Å². The van der Waals surface area contributed by atoms with E-state index in [0.29, 0.717) is 17.2 Å². The molecule has 0 saturated carbocycles. The fraction of sp³-hybridized carbons (Fsp3) is 0.333. The summed E-state index contributed by atoms with van der Waals surface area (Å²) in [7, 11) is 0. The van der Waals surface area contributed by atoms with Gasteiger partial charge >= 0.3 is 0 Å². The van der Waals surface area contributed by atoms with Crippen molar-refractivity contribution in [2.75, 3.05) is 0 Å². The van der Waals surface area contributed by atoms with Crippen molar-refractivity contribution >= 4 is 11.6 Å². The number of rotatable bonds is 0. The third-order valence-corrected chi connectivity index (χ3v) is 2.11. The first-order valence-corrected chi connectivity index (χ1v) is 4.11. The summed E-state index contributed by atoms with van der Waals surface area (Å²) in [6.45, 7) is 1.92. The zero-order chi connectivity index (χ0) is 8.72. The van der Waals surface area contributed by atoms with Crippen molar-refractivity contribution in [1.82, 2.24) is 0 Å². The molecular weight excluding hydrogens is 179 g/mol. The maximum absolute atomic E-state index is 12.8. The molecule has 3 heteroatoms. The summed E-state index contributed by atoms with van der Waals surface area (Å²) in [6, 6.07) is 3.80. The van der Waals surface area contributed by atoms with Crippen LogP contribution >= 0.6 is 11.6 Å². The van der Waals surface area contributed by atoms with Gasteiger partial charge in [-0.1, -0.05) is 11.6 Å². The Labute approximate surface area is 75.1 Å². The topological polar surface area (TPSA) is 9.23 Å². The number of ether oxygens (including phenoxy) is 1. The molecule has 1 aliphatic rings. The Morgan fingerprint density at radius 1 is 1.75 bits per heavy atom. The molecule has 0 aliphatic carbocycles. The van der Waals surface area contributed by atoms with Crippen LogP contribution in [0.4, 0.5) is 4.39 Å². The molecule has 1 aromatic rings. The maximum atomic E-state index is 12.8. The van der Waals surface area contributed by atoms with Crippen LogP contribution in [-0.2, 0) is 6.42 Å². The molecule has 1 atom stereocenters. The lowest BCUT2D eigenvalue weighted by atomic mass is 10.1. The van der Waals surface area contributed by atoms with E-state index in [1.54, 1.807) is 0 Å². The second-order valence-electron chi connectivity index (χ2n) is 2.91. The molecule has 12 heavy (non-hydrogen) atoms. The highest BCUT2D eigenvalue weighted by atomic mass is 35.5. The molecule has 63 valence electrons. The molecule has 1 nitrogen and oxygen atoms in total. The maximum Gasteiger partial charge on any atom is 0.142 e. The van der Waals surface area contributed by atoms with Crippen molar-refractivity contribution in [1.29, 1.82) is 0 Å². The van der Waals surface area contributed by atoms with Crippen LogP contribution in [0.5, 0.6) is 5.75 Å². The SMILES string of the molecule is CC1Cc2[c]c(F)cc(Cl)c2O1. The van der Waals surface area contributed by atoms with E-state index >= 15 is 0 Å². The van der Waals surface area contributed by atoms with E-state index in [4.69, 9.17) is 16.3 Å². The summed E-state index contributed by atoms with van der Waals surface area (Å²) in [5.41, 5.74) is 0.743. The summed E-state index contributed by atoms with van der Waals surface area (Å²) in [6.07, 6.45) is 0.767. The van der Waals surface area contributed by atoms with Gasteiger partial charge in [0.25, 0.3) is 0 Å². The molecule has 0 spiro atoms. The number of benzene rings is 1. The van der Waals surface area contributed by atoms with Gasteiger partial charge in [0.15, 0.2) is 0 Å². The largest absolute Gasteiger partial charge is 0.488 e. The van der Waals surface area contributed by atoms with Crippen LogP contribution in [0, 0.1) is 11.9 Å². The van der Waals surface area contributed by atoms with Crippen LogP contribution in [0.1, 0.15) is 12.5 Å². The van der Waals surface area contributed by atoms with Gasteiger partial charge in [-0.3, -0.25) is 0 Å². The Morgan fingerprint density at radius 3 is 3.25 bits per heavy atom. The summed E-state index contributed by atoms with van der Waals surface area (Å²) in [5, 5.41) is 0.339. The minimum atomic E-state index is -0.420. The van der Waals surface area contributed by atoms with Gasteiger partial charge in [-0.25, -0.2) is 4.39 Å². The van der Waals surface area contributed by atoms with E-state index in [2.05, 4.69) is 6.07 Å². The molecule has 0 amide bonds. The van der Waals surface area contributed by atoms with Crippen molar-refractivity contribution in [2.24, 2.45) is 0 Å². The van der Waals surface area contributed by atoms with Crippen molar-refractivity contribution in [3.63, 3.8) is 0 Å². The normalized spacial score (nSPS) is 20.4. The second-order valence-corrected chi connectivity index (χ2v) is 3.31. The number of hydrogen-bond donors (Lipinski definition) is 0. The van der Waals surface area contributed by atoms with E-state index in [-0.39, 0.29) is 6.10 Å². The predicted molar refractivity (Wildman–Crippen MR) is 44.0 cm³/mol. The van der Waals surface area contributed by atoms with Crippen molar-refractivity contribution in [3.05, 3.63) is 28.5 Å². The van der Waals surface area contributed by atoms with Gasteiger partial charge in [-0.05, 0) is 13.0 Å². The second kappa shape index (κ2) is 2.63. The van der Waals surface area contributed by atoms with Crippen LogP contribution < -0.4 is 4.74 Å². The lowest BCUT2D eigenvalue weighted by molar-refractivity contribution is 0.255. The minimum Gasteiger partial charge on any atom is -0.488 e. The van der Waals surface area contributed by atoms with Crippen LogP contribution in [0.3, 0.4) is 0 Å². The molecule has 0 aromatic heterocycles. The van der Waals surface area contributed by atoms with Gasteiger partial charge in [-0.2, -0.15) is 0 Å². The molecule has 1 aromatic carbocycles. The Balaban J connectivity index is 2.52. The minimum absolute atomic E-state index is 0.0792. The van der Waals surface area contributed by atoms with E-state index < -0.39 is 5.82 Å². The van der Waals surface area contributed by atoms with Gasteiger partial charge in [0.2, 0.25) is 0 Å². The molecule has 2 rings (SSSR count). The Kier molecular flexibility index (Phi) is 1.72. The lowest BCUT2D eigenvalue weighted by Gasteiger charge is -2.03. The Morgan fingerprint density at radius 2 is 2.50 bits per heavy atom. The average molecular weight is 186 g/mol. The Hall–Kier alpha value is -0.760. The van der Waals surface area contributed by atoms with E-state index in [0.717, 1.165) is 5.56 Å². The highest BCUT2D eigenvalue weighted by molar-refractivity contribution is 6.32. The van der Waals surface area contributed by atoms with Crippen LogP contribution in [0.25, 0.3) is 0 Å². The fourth-order valence-electron chi connectivity index (χ4n) is 1.36. The molecule has 1 aliphatic heterocycles. The quantitative estimate of drug-likeness (QED) is 0.604. The van der Waals surface area contributed by atoms with Gasteiger partial charge in [0.1, 0.15) is 17.7 Å². The zero-order valence-corrected chi connectivity index (χ0v) is 7.28. The summed E-state index contributed by atoms with van der Waals surface area (Å²) in [5.74, 6) is 0.169. The smallest absolute Gasteiger partial charge is 0.142 e. The molecule has 0 saturated heterocycles. The van der Waals surface area contributed by atoms with Crippen molar-refractivity contribution < 1.29 is 9.13 Å². The van der Waals surface area contributed by atoms with Crippen LogP contribution in [0.15, 0.2) is 6.07 Å². The van der Waals surface area contributed by atoms with Gasteiger partial charge in [-0.15, -0.1) is 0 Å². The molecular formula is C9H7ClFO. The third-order valence-electron chi connectivity index (χ3n) is 1.83. The highest BCUT2D eigenvalue weighted by Crippen LogP contribution is 2.35. The highest BCUT2D eigenvalue weighted by Gasteiger charge is 2.22. The molecule has 1 radical (unpaired) electrons. The first kappa shape index (κ1) is 7.87. The lowest BCUT2D eigenvalue weighted by Crippen LogP contribution is -2.05. The number of halogens is 2. The summed E-state index contributed by atoms with van der Waals surface area (Å²) < 4.78 is 18.1. The first-order chi connectivity index (χ1) is 5.66. The monoisotopic (exact) mass is 185 g/mol. The number of hydrogen-bond acceptors (Lipinski definition) is 1. The van der Waals surface area contributed by atoms with E-state index in [1.165, 1.54) is 6.07 Å². The Bertz CT molecular complexity index is 325. The molecule has 0 fully saturated rings. The fourth-order valence-corrected chi connectivity index (χ4v) is 1.61. The van der Waals surface area contributed by atoms with Crippen LogP contribution in [0.2, 0.25) is 5.02 Å². The first-order valence-electron chi connectivity index (χ1n) is 3.73. The van der Waals surface area contributed by atoms with Gasteiger partial charge < -0.3 is 4.74 Å². The summed E-state index contributed by atoms with van der Waals surface area (Å²) >= 11 is 5.76.